The van der Waals surface area contributed by atoms with Gasteiger partial charge in [-0.1, -0.05) is 0 Å². The molecule has 0 aliphatic rings. The number of aromatic nitrogens is 4. The molecule has 25 heavy (non-hydrogen) atoms. The molecule has 1 aromatic carbocycles. The first kappa shape index (κ1) is 16.8. The quantitative estimate of drug-likeness (QED) is 0.734. The fourth-order valence-electron chi connectivity index (χ4n) is 2.84. The molecule has 0 aliphatic heterocycles. The van der Waals surface area contributed by atoms with E-state index in [9.17, 15) is 0 Å². The van der Waals surface area contributed by atoms with Crippen molar-refractivity contribution >= 4 is 22.8 Å². The Balaban J connectivity index is 1.94. The van der Waals surface area contributed by atoms with Gasteiger partial charge in [-0.2, -0.15) is 15.1 Å². The van der Waals surface area contributed by atoms with Crippen molar-refractivity contribution < 1.29 is 9.47 Å². The molecule has 0 saturated carbocycles. The average Bonchev–Trinajstić information content (AvgIpc) is 2.96. The van der Waals surface area contributed by atoms with Gasteiger partial charge >= 0.3 is 0 Å². The smallest absolute Gasteiger partial charge is 0.227 e. The van der Waals surface area contributed by atoms with Crippen LogP contribution in [0.4, 0.5) is 11.8 Å². The second-order valence-corrected chi connectivity index (χ2v) is 5.87. The van der Waals surface area contributed by atoms with Crippen molar-refractivity contribution in [3.05, 3.63) is 29.5 Å². The average molecular weight is 342 g/mol. The van der Waals surface area contributed by atoms with Gasteiger partial charge in [0.15, 0.2) is 17.1 Å². The summed E-state index contributed by atoms with van der Waals surface area (Å²) in [7, 11) is 5.06. The van der Waals surface area contributed by atoms with Crippen molar-refractivity contribution in [3.8, 4) is 11.5 Å². The fourth-order valence-corrected chi connectivity index (χ4v) is 2.84. The van der Waals surface area contributed by atoms with Crippen molar-refractivity contribution in [1.82, 2.24) is 19.7 Å². The molecule has 0 radical (unpaired) electrons. The number of nitrogens with one attached hydrogen (secondary N) is 1. The molecular formula is C17H22N6O2. The van der Waals surface area contributed by atoms with Gasteiger partial charge in [0.25, 0.3) is 0 Å². The Hall–Kier alpha value is -3.03. The number of hydrogen-bond acceptors (Lipinski definition) is 7. The molecule has 3 aromatic rings. The molecule has 0 amide bonds. The van der Waals surface area contributed by atoms with E-state index in [1.807, 2.05) is 33.0 Å². The highest BCUT2D eigenvalue weighted by atomic mass is 16.5. The van der Waals surface area contributed by atoms with E-state index in [-0.39, 0.29) is 6.04 Å². The Morgan fingerprint density at radius 3 is 2.52 bits per heavy atom. The summed E-state index contributed by atoms with van der Waals surface area (Å²) in [6.07, 6.45) is 1.66. The lowest BCUT2D eigenvalue weighted by Crippen LogP contribution is -2.12. The van der Waals surface area contributed by atoms with E-state index in [0.29, 0.717) is 28.9 Å². The first-order valence-corrected chi connectivity index (χ1v) is 7.88. The number of hydrogen-bond donors (Lipinski definition) is 2. The van der Waals surface area contributed by atoms with Crippen LogP contribution in [0.3, 0.4) is 0 Å². The van der Waals surface area contributed by atoms with Crippen molar-refractivity contribution in [2.24, 2.45) is 7.05 Å². The maximum Gasteiger partial charge on any atom is 0.227 e. The standard InChI is InChI=1S/C17H22N6O2/c1-9-6-13(24-4)14(25-5)7-11(9)10(2)20-17-21-15(18)12-8-19-23(3)16(12)22-17/h6-8,10H,1-5H3,(H3,18,20,21,22). The van der Waals surface area contributed by atoms with E-state index in [0.717, 1.165) is 16.5 Å². The summed E-state index contributed by atoms with van der Waals surface area (Å²) in [5.74, 6) is 2.24. The van der Waals surface area contributed by atoms with Crippen LogP contribution in [0.1, 0.15) is 24.1 Å². The molecule has 3 rings (SSSR count). The zero-order valence-electron chi connectivity index (χ0n) is 15.0. The lowest BCUT2D eigenvalue weighted by Gasteiger charge is -2.19. The summed E-state index contributed by atoms with van der Waals surface area (Å²) in [5.41, 5.74) is 8.84. The summed E-state index contributed by atoms with van der Waals surface area (Å²) < 4.78 is 12.4. The van der Waals surface area contributed by atoms with Gasteiger partial charge in [-0.3, -0.25) is 4.68 Å². The highest BCUT2D eigenvalue weighted by Gasteiger charge is 2.16. The first-order chi connectivity index (χ1) is 11.9. The van der Waals surface area contributed by atoms with Crippen LogP contribution in [0, 0.1) is 6.92 Å². The van der Waals surface area contributed by atoms with Crippen LogP contribution < -0.4 is 20.5 Å². The molecule has 132 valence electrons. The predicted molar refractivity (Wildman–Crippen MR) is 97.0 cm³/mol. The number of ether oxygens (including phenoxy) is 2. The molecule has 0 fully saturated rings. The van der Waals surface area contributed by atoms with E-state index >= 15 is 0 Å². The molecule has 1 atom stereocenters. The van der Waals surface area contributed by atoms with E-state index in [1.54, 1.807) is 25.1 Å². The Bertz CT molecular complexity index is 921. The zero-order chi connectivity index (χ0) is 18.1. The minimum atomic E-state index is -0.0510. The van der Waals surface area contributed by atoms with Crippen molar-refractivity contribution in [3.63, 3.8) is 0 Å². The van der Waals surface area contributed by atoms with Crippen LogP contribution in [0.25, 0.3) is 11.0 Å². The van der Waals surface area contributed by atoms with Gasteiger partial charge in [0.05, 0.1) is 31.8 Å². The molecule has 1 unspecified atom stereocenters. The van der Waals surface area contributed by atoms with Gasteiger partial charge in [-0.05, 0) is 37.1 Å². The van der Waals surface area contributed by atoms with Crippen LogP contribution in [-0.2, 0) is 7.05 Å². The molecule has 0 spiro atoms. The van der Waals surface area contributed by atoms with Crippen LogP contribution in [0.2, 0.25) is 0 Å². The minimum absolute atomic E-state index is 0.0510. The molecule has 0 saturated heterocycles. The fraction of sp³-hybridized carbons (Fsp3) is 0.353. The van der Waals surface area contributed by atoms with Crippen molar-refractivity contribution in [2.75, 3.05) is 25.3 Å². The summed E-state index contributed by atoms with van der Waals surface area (Å²) in [6.45, 7) is 4.05. The second-order valence-electron chi connectivity index (χ2n) is 5.87. The summed E-state index contributed by atoms with van der Waals surface area (Å²) >= 11 is 0. The van der Waals surface area contributed by atoms with Gasteiger partial charge in [-0.15, -0.1) is 0 Å². The van der Waals surface area contributed by atoms with Gasteiger partial charge in [-0.25, -0.2) is 0 Å². The Labute approximate surface area is 146 Å². The van der Waals surface area contributed by atoms with Gasteiger partial charge < -0.3 is 20.5 Å². The SMILES string of the molecule is COc1cc(C)c(C(C)Nc2nc(N)c3cnn(C)c3n2)cc1OC. The summed E-state index contributed by atoms with van der Waals surface area (Å²) in [5, 5.41) is 8.20. The highest BCUT2D eigenvalue weighted by molar-refractivity contribution is 5.86. The number of nitrogens with two attached hydrogens (primary N) is 1. The topological polar surface area (TPSA) is 100 Å². The van der Waals surface area contributed by atoms with Crippen molar-refractivity contribution in [1.29, 1.82) is 0 Å². The molecule has 2 aromatic heterocycles. The molecule has 8 heteroatoms. The second kappa shape index (κ2) is 6.46. The third-order valence-corrected chi connectivity index (χ3v) is 4.21. The molecule has 8 nitrogen and oxygen atoms in total. The van der Waals surface area contributed by atoms with Gasteiger partial charge in [0.2, 0.25) is 5.95 Å². The number of rotatable bonds is 5. The lowest BCUT2D eigenvalue weighted by atomic mass is 10.0. The lowest BCUT2D eigenvalue weighted by molar-refractivity contribution is 0.354. The van der Waals surface area contributed by atoms with E-state index in [4.69, 9.17) is 15.2 Å². The Kier molecular flexibility index (Phi) is 4.35. The van der Waals surface area contributed by atoms with E-state index in [2.05, 4.69) is 20.4 Å². The predicted octanol–water partition coefficient (Wildman–Crippen LogP) is 2.44. The number of aryl methyl sites for hydroxylation is 2. The van der Waals surface area contributed by atoms with Gasteiger partial charge in [0.1, 0.15) is 5.82 Å². The first-order valence-electron chi connectivity index (χ1n) is 7.88. The maximum atomic E-state index is 6.02. The number of benzene rings is 1. The number of methoxy groups -OCH3 is 2. The molecule has 0 bridgehead atoms. The van der Waals surface area contributed by atoms with Crippen molar-refractivity contribution in [2.45, 2.75) is 19.9 Å². The highest BCUT2D eigenvalue weighted by Crippen LogP contribution is 2.33. The monoisotopic (exact) mass is 342 g/mol. The van der Waals surface area contributed by atoms with Gasteiger partial charge in [0, 0.05) is 7.05 Å². The third kappa shape index (κ3) is 3.02. The number of nitrogens with zero attached hydrogens (tertiary/aromatic N) is 4. The number of nitrogen functional groups attached to an aromatic ring is 1. The normalized spacial score (nSPS) is 12.2. The third-order valence-electron chi connectivity index (χ3n) is 4.21. The Morgan fingerprint density at radius 2 is 1.84 bits per heavy atom. The summed E-state index contributed by atoms with van der Waals surface area (Å²) in [6, 6.07) is 3.86. The molecule has 3 N–H and O–H groups in total. The van der Waals surface area contributed by atoms with Crippen LogP contribution in [-0.4, -0.2) is 34.0 Å². The number of anilines is 2. The van der Waals surface area contributed by atoms with E-state index < -0.39 is 0 Å². The molecule has 0 aliphatic carbocycles. The zero-order valence-corrected chi connectivity index (χ0v) is 15.0. The summed E-state index contributed by atoms with van der Waals surface area (Å²) in [4.78, 5) is 8.84. The Morgan fingerprint density at radius 1 is 1.16 bits per heavy atom. The maximum absolute atomic E-state index is 6.02. The number of fused-ring (bicyclic) bond motifs is 1. The molecule has 2 heterocycles. The van der Waals surface area contributed by atoms with Crippen LogP contribution >= 0.6 is 0 Å². The largest absolute Gasteiger partial charge is 0.493 e. The molecular weight excluding hydrogens is 320 g/mol. The van der Waals surface area contributed by atoms with E-state index in [1.165, 1.54) is 0 Å². The minimum Gasteiger partial charge on any atom is -0.493 e. The van der Waals surface area contributed by atoms with Crippen LogP contribution in [0.15, 0.2) is 18.3 Å². The van der Waals surface area contributed by atoms with Crippen LogP contribution in [0.5, 0.6) is 11.5 Å².